The number of thioether (sulfide) groups is 1. The number of carbonyl (C=O) groups excluding carboxylic acids is 2. The van der Waals surface area contributed by atoms with Crippen LogP contribution in [0.25, 0.3) is 10.2 Å². The minimum absolute atomic E-state index is 0.298. The molecule has 6 nitrogen and oxygen atoms in total. The third kappa shape index (κ3) is 6.09. The van der Waals surface area contributed by atoms with Gasteiger partial charge in [0.05, 0.1) is 29.0 Å². The first-order valence-electron chi connectivity index (χ1n) is 10.7. The highest BCUT2D eigenvalue weighted by atomic mass is 32.2. The number of amides is 1. The zero-order valence-corrected chi connectivity index (χ0v) is 20.4. The van der Waals surface area contributed by atoms with Crippen LogP contribution in [0.2, 0.25) is 0 Å². The fourth-order valence-electron chi connectivity index (χ4n) is 3.12. The molecule has 0 radical (unpaired) electrons. The van der Waals surface area contributed by atoms with Crippen LogP contribution in [0.5, 0.6) is 0 Å². The Morgan fingerprint density at radius 1 is 1.06 bits per heavy atom. The third-order valence-corrected chi connectivity index (χ3v) is 6.58. The van der Waals surface area contributed by atoms with E-state index in [9.17, 15) is 9.59 Å². The van der Waals surface area contributed by atoms with Gasteiger partial charge < -0.3 is 14.0 Å². The number of hydrogen-bond acceptors (Lipinski definition) is 6. The van der Waals surface area contributed by atoms with Crippen molar-refractivity contribution in [1.29, 1.82) is 0 Å². The molecule has 0 saturated carbocycles. The number of esters is 1. The van der Waals surface area contributed by atoms with Gasteiger partial charge >= 0.3 is 5.97 Å². The first-order chi connectivity index (χ1) is 15.4. The Kier molecular flexibility index (Phi) is 8.67. The summed E-state index contributed by atoms with van der Waals surface area (Å²) in [7, 11) is 0. The van der Waals surface area contributed by atoms with Gasteiger partial charge in [0.1, 0.15) is 0 Å². The Morgan fingerprint density at radius 3 is 2.44 bits per heavy atom. The van der Waals surface area contributed by atoms with Crippen LogP contribution in [-0.2, 0) is 16.0 Å². The average molecular weight is 473 g/mol. The van der Waals surface area contributed by atoms with E-state index in [0.717, 1.165) is 15.1 Å². The van der Waals surface area contributed by atoms with Crippen molar-refractivity contribution in [2.75, 3.05) is 19.8 Å². The predicted molar refractivity (Wildman–Crippen MR) is 130 cm³/mol. The summed E-state index contributed by atoms with van der Waals surface area (Å²) in [6.07, 6.45) is 0. The van der Waals surface area contributed by atoms with Crippen molar-refractivity contribution < 1.29 is 19.1 Å². The second-order valence-corrected chi connectivity index (χ2v) is 9.90. The van der Waals surface area contributed by atoms with E-state index in [1.54, 1.807) is 30.8 Å². The smallest absolute Gasteiger partial charge is 0.338 e. The molecule has 1 heterocycles. The van der Waals surface area contributed by atoms with Crippen LogP contribution in [0, 0.1) is 0 Å². The molecule has 8 heteroatoms. The highest BCUT2D eigenvalue weighted by Crippen LogP contribution is 2.23. The molecular weight excluding hydrogens is 444 g/mol. The first kappa shape index (κ1) is 24.2. The lowest BCUT2D eigenvalue weighted by Gasteiger charge is -2.06. The third-order valence-electron chi connectivity index (χ3n) is 4.53. The second kappa shape index (κ2) is 11.4. The van der Waals surface area contributed by atoms with Gasteiger partial charge in [0.2, 0.25) is 0 Å². The van der Waals surface area contributed by atoms with Crippen molar-refractivity contribution in [3.8, 4) is 0 Å². The molecule has 170 valence electrons. The molecule has 0 aliphatic rings. The summed E-state index contributed by atoms with van der Waals surface area (Å²) in [6.45, 7) is 9.98. The highest BCUT2D eigenvalue weighted by Gasteiger charge is 2.13. The van der Waals surface area contributed by atoms with Gasteiger partial charge in [0, 0.05) is 28.9 Å². The lowest BCUT2D eigenvalue weighted by Crippen LogP contribution is -2.19. The Morgan fingerprint density at radius 2 is 1.78 bits per heavy atom. The minimum atomic E-state index is -0.363. The van der Waals surface area contributed by atoms with Gasteiger partial charge in [-0.15, -0.1) is 11.8 Å². The molecule has 0 unspecified atom stereocenters. The maximum absolute atomic E-state index is 12.9. The fraction of sp³-hybridized carbons (Fsp3) is 0.375. The number of benzene rings is 2. The van der Waals surface area contributed by atoms with Crippen LogP contribution >= 0.6 is 23.1 Å². The molecule has 3 aromatic rings. The van der Waals surface area contributed by atoms with Gasteiger partial charge in [-0.2, -0.15) is 4.99 Å². The van der Waals surface area contributed by atoms with Crippen LogP contribution in [-0.4, -0.2) is 41.5 Å². The van der Waals surface area contributed by atoms with Crippen molar-refractivity contribution in [3.05, 3.63) is 58.4 Å². The molecule has 0 bridgehead atoms. The Bertz CT molecular complexity index is 1150. The lowest BCUT2D eigenvalue weighted by atomic mass is 10.2. The van der Waals surface area contributed by atoms with Gasteiger partial charge in [0.25, 0.3) is 5.91 Å². The van der Waals surface area contributed by atoms with E-state index < -0.39 is 0 Å². The molecule has 0 N–H and O–H groups in total. The highest BCUT2D eigenvalue weighted by molar-refractivity contribution is 7.99. The topological polar surface area (TPSA) is 69.9 Å². The molecule has 0 spiro atoms. The molecule has 2 aromatic carbocycles. The predicted octanol–water partition coefficient (Wildman–Crippen LogP) is 5.16. The van der Waals surface area contributed by atoms with Crippen LogP contribution in [0.3, 0.4) is 0 Å². The van der Waals surface area contributed by atoms with Crippen LogP contribution in [0.1, 0.15) is 48.4 Å². The Labute approximate surface area is 196 Å². The number of aromatic nitrogens is 1. The van der Waals surface area contributed by atoms with E-state index in [1.807, 2.05) is 41.8 Å². The van der Waals surface area contributed by atoms with Gasteiger partial charge in [-0.3, -0.25) is 4.79 Å². The standard InChI is InChI=1S/C24H28N2O4S2/c1-5-29-14-13-26-20-12-9-18(23(28)30-6-2)15-21(20)32-24(26)25-22(27)17-7-10-19(11-8-17)31-16(3)4/h7-12,15-16H,5-6,13-14H2,1-4H3. The zero-order chi connectivity index (χ0) is 23.1. The summed E-state index contributed by atoms with van der Waals surface area (Å²) < 4.78 is 13.5. The molecule has 0 aliphatic heterocycles. The van der Waals surface area contributed by atoms with E-state index >= 15 is 0 Å². The summed E-state index contributed by atoms with van der Waals surface area (Å²) in [6, 6.07) is 12.9. The maximum Gasteiger partial charge on any atom is 0.338 e. The molecule has 1 aromatic heterocycles. The number of hydrogen-bond donors (Lipinski definition) is 0. The molecule has 3 rings (SSSR count). The van der Waals surface area contributed by atoms with Gasteiger partial charge in [-0.05, 0) is 56.3 Å². The average Bonchev–Trinajstić information content (AvgIpc) is 3.10. The SMILES string of the molecule is CCOCCn1c(=NC(=O)c2ccc(SC(C)C)cc2)sc2cc(C(=O)OCC)ccc21. The second-order valence-electron chi connectivity index (χ2n) is 7.24. The summed E-state index contributed by atoms with van der Waals surface area (Å²) in [5.74, 6) is -0.661. The zero-order valence-electron chi connectivity index (χ0n) is 18.8. The van der Waals surface area contributed by atoms with Crippen molar-refractivity contribution in [2.24, 2.45) is 4.99 Å². The van der Waals surface area contributed by atoms with Gasteiger partial charge in [-0.25, -0.2) is 4.79 Å². The lowest BCUT2D eigenvalue weighted by molar-refractivity contribution is 0.0526. The van der Waals surface area contributed by atoms with Gasteiger partial charge in [-0.1, -0.05) is 25.2 Å². The summed E-state index contributed by atoms with van der Waals surface area (Å²) in [5.41, 5.74) is 1.92. The number of nitrogens with zero attached hydrogens (tertiary/aromatic N) is 2. The molecule has 0 atom stereocenters. The molecule has 0 fully saturated rings. The van der Waals surface area contributed by atoms with Crippen molar-refractivity contribution in [1.82, 2.24) is 4.57 Å². The van der Waals surface area contributed by atoms with E-state index in [-0.39, 0.29) is 11.9 Å². The number of thiazole rings is 1. The number of carbonyl (C=O) groups is 2. The van der Waals surface area contributed by atoms with Crippen LogP contribution < -0.4 is 4.80 Å². The van der Waals surface area contributed by atoms with E-state index in [0.29, 0.717) is 47.5 Å². The fourth-order valence-corrected chi connectivity index (χ4v) is 5.05. The summed E-state index contributed by atoms with van der Waals surface area (Å²) in [4.78, 5) is 31.1. The summed E-state index contributed by atoms with van der Waals surface area (Å²) >= 11 is 3.13. The largest absolute Gasteiger partial charge is 0.462 e. The van der Waals surface area contributed by atoms with Crippen LogP contribution in [0.4, 0.5) is 0 Å². The van der Waals surface area contributed by atoms with E-state index in [2.05, 4.69) is 18.8 Å². The number of fused-ring (bicyclic) bond motifs is 1. The normalized spacial score (nSPS) is 12.0. The quantitative estimate of drug-likeness (QED) is 0.244. The van der Waals surface area contributed by atoms with Gasteiger partial charge in [0.15, 0.2) is 4.80 Å². The van der Waals surface area contributed by atoms with Crippen molar-refractivity contribution >= 4 is 45.2 Å². The Balaban J connectivity index is 1.98. The van der Waals surface area contributed by atoms with E-state index in [4.69, 9.17) is 9.47 Å². The monoisotopic (exact) mass is 472 g/mol. The molecular formula is C24H28N2O4S2. The van der Waals surface area contributed by atoms with Crippen molar-refractivity contribution in [2.45, 2.75) is 44.4 Å². The number of rotatable bonds is 9. The van der Waals surface area contributed by atoms with E-state index in [1.165, 1.54) is 11.3 Å². The molecule has 0 saturated heterocycles. The number of ether oxygens (including phenoxy) is 2. The molecule has 0 aliphatic carbocycles. The van der Waals surface area contributed by atoms with Crippen LogP contribution in [0.15, 0.2) is 52.4 Å². The minimum Gasteiger partial charge on any atom is -0.462 e. The maximum atomic E-state index is 12.9. The van der Waals surface area contributed by atoms with Crippen molar-refractivity contribution in [3.63, 3.8) is 0 Å². The summed E-state index contributed by atoms with van der Waals surface area (Å²) in [5, 5.41) is 0.476. The first-order valence-corrected chi connectivity index (χ1v) is 12.4. The molecule has 32 heavy (non-hydrogen) atoms. The molecule has 1 amide bonds. The Hall–Kier alpha value is -2.42.